The van der Waals surface area contributed by atoms with Crippen LogP contribution in [0.4, 0.5) is 13.2 Å². The van der Waals surface area contributed by atoms with Crippen LogP contribution in [0.15, 0.2) is 52.5 Å². The average molecular weight is 544 g/mol. The molecule has 11 heteroatoms. The minimum Gasteiger partial charge on any atom is -0.386 e. The number of fused-ring (bicyclic) bond motifs is 1. The van der Waals surface area contributed by atoms with E-state index in [4.69, 9.17) is 0 Å². The molecule has 0 aliphatic carbocycles. The standard InChI is InChI=1S/C27H28F3N5O2S/c1-26(2,37)20-6-5-18(21(14-20)27(28,29)30)16-35-22-7-4-17(12-19(22)15-31-35)13-23-24(36)32-25(38-23)34-10-8-33(3)9-11-34/h4-7,12-15,37H,8-11,16H2,1-3H3/b23-13+. The van der Waals surface area contributed by atoms with Crippen LogP contribution in [-0.4, -0.2) is 69.0 Å². The molecule has 5 rings (SSSR count). The summed E-state index contributed by atoms with van der Waals surface area (Å²) in [6, 6.07) is 9.37. The summed E-state index contributed by atoms with van der Waals surface area (Å²) in [5.74, 6) is -0.270. The van der Waals surface area contributed by atoms with Crippen molar-refractivity contribution in [3.05, 3.63) is 69.8 Å². The van der Waals surface area contributed by atoms with Gasteiger partial charge in [-0.25, -0.2) is 0 Å². The number of rotatable bonds is 4. The molecule has 1 N–H and O–H groups in total. The first-order valence-electron chi connectivity index (χ1n) is 12.2. The Morgan fingerprint density at radius 1 is 1.08 bits per heavy atom. The van der Waals surface area contributed by atoms with Gasteiger partial charge in [0, 0.05) is 31.6 Å². The Kier molecular flexibility index (Phi) is 6.87. The summed E-state index contributed by atoms with van der Waals surface area (Å²) in [6.07, 6.45) is -1.19. The largest absolute Gasteiger partial charge is 0.416 e. The second kappa shape index (κ2) is 9.87. The SMILES string of the molecule is CN1CCN(C2=NC(=O)/C(=C\c3ccc4c(cnn4Cc4ccc(C(C)(C)O)cc4C(F)(F)F)c3)S2)CC1. The fourth-order valence-corrected chi connectivity index (χ4v) is 5.49. The third kappa shape index (κ3) is 5.50. The van der Waals surface area contributed by atoms with E-state index < -0.39 is 17.3 Å². The summed E-state index contributed by atoms with van der Waals surface area (Å²) in [7, 11) is 2.07. The molecule has 2 aliphatic rings. The quantitative estimate of drug-likeness (QED) is 0.487. The number of amidine groups is 1. The number of aromatic nitrogens is 2. The summed E-state index contributed by atoms with van der Waals surface area (Å²) in [6.45, 7) is 6.31. The van der Waals surface area contributed by atoms with Gasteiger partial charge in [0.25, 0.3) is 5.91 Å². The molecule has 0 atom stereocenters. The zero-order valence-electron chi connectivity index (χ0n) is 21.3. The van der Waals surface area contributed by atoms with Gasteiger partial charge in [-0.2, -0.15) is 23.3 Å². The molecule has 0 radical (unpaired) electrons. The number of piperazine rings is 1. The van der Waals surface area contributed by atoms with Gasteiger partial charge in [0.1, 0.15) is 0 Å². The zero-order valence-corrected chi connectivity index (χ0v) is 22.1. The van der Waals surface area contributed by atoms with Crippen molar-refractivity contribution in [2.24, 2.45) is 4.99 Å². The van der Waals surface area contributed by atoms with Gasteiger partial charge in [0.2, 0.25) is 0 Å². The molecular formula is C27H28F3N5O2S. The molecule has 1 aromatic heterocycles. The van der Waals surface area contributed by atoms with Gasteiger partial charge in [-0.3, -0.25) is 9.48 Å². The van der Waals surface area contributed by atoms with Gasteiger partial charge in [-0.05, 0) is 73.6 Å². The van der Waals surface area contributed by atoms with Crippen molar-refractivity contribution in [3.63, 3.8) is 0 Å². The summed E-state index contributed by atoms with van der Waals surface area (Å²) < 4.78 is 43.0. The van der Waals surface area contributed by atoms with Gasteiger partial charge in [-0.1, -0.05) is 18.2 Å². The van der Waals surface area contributed by atoms with E-state index in [-0.39, 0.29) is 23.6 Å². The number of carbonyl (C=O) groups is 1. The second-order valence-corrected chi connectivity index (χ2v) is 11.2. The van der Waals surface area contributed by atoms with E-state index in [1.165, 1.54) is 42.4 Å². The number of likely N-dealkylation sites (N-methyl/N-ethyl adjacent to an activating group) is 1. The number of thioether (sulfide) groups is 1. The Labute approximate surface area is 222 Å². The number of alkyl halides is 3. The molecule has 1 amide bonds. The van der Waals surface area contributed by atoms with Crippen LogP contribution < -0.4 is 0 Å². The first kappa shape index (κ1) is 26.5. The van der Waals surface area contributed by atoms with E-state index in [2.05, 4.69) is 26.9 Å². The van der Waals surface area contributed by atoms with Crippen LogP contribution in [0.2, 0.25) is 0 Å². The molecule has 3 heterocycles. The summed E-state index contributed by atoms with van der Waals surface area (Å²) in [5.41, 5.74) is -0.481. The number of benzene rings is 2. The van der Waals surface area contributed by atoms with Crippen molar-refractivity contribution in [2.45, 2.75) is 32.2 Å². The van der Waals surface area contributed by atoms with Gasteiger partial charge in [-0.15, -0.1) is 0 Å². The minimum absolute atomic E-state index is 0.0585. The van der Waals surface area contributed by atoms with Crippen LogP contribution in [0.1, 0.15) is 36.1 Å². The summed E-state index contributed by atoms with van der Waals surface area (Å²) in [4.78, 5) is 21.7. The number of aliphatic imine (C=N–C) groups is 1. The number of amides is 1. The molecule has 0 spiro atoms. The molecule has 2 aromatic carbocycles. The van der Waals surface area contributed by atoms with Crippen LogP contribution >= 0.6 is 11.8 Å². The second-order valence-electron chi connectivity index (χ2n) is 10.1. The van der Waals surface area contributed by atoms with Crippen LogP contribution in [0, 0.1) is 0 Å². The molecule has 7 nitrogen and oxygen atoms in total. The van der Waals surface area contributed by atoms with Crippen molar-refractivity contribution in [3.8, 4) is 0 Å². The first-order chi connectivity index (χ1) is 17.9. The van der Waals surface area contributed by atoms with E-state index >= 15 is 0 Å². The Bertz CT molecular complexity index is 1450. The Balaban J connectivity index is 1.37. The number of hydrogen-bond donors (Lipinski definition) is 1. The Hall–Kier alpha value is -3.15. The van der Waals surface area contributed by atoms with Crippen molar-refractivity contribution in [1.82, 2.24) is 19.6 Å². The molecular weight excluding hydrogens is 515 g/mol. The number of nitrogens with zero attached hydrogens (tertiary/aromatic N) is 5. The molecule has 1 fully saturated rings. The molecule has 2 aliphatic heterocycles. The lowest BCUT2D eigenvalue weighted by atomic mass is 9.93. The highest BCUT2D eigenvalue weighted by atomic mass is 32.2. The molecule has 1 saturated heterocycles. The number of carbonyl (C=O) groups excluding carboxylic acids is 1. The molecule has 0 bridgehead atoms. The normalized spacial score (nSPS) is 18.6. The van der Waals surface area contributed by atoms with Crippen molar-refractivity contribution >= 4 is 39.8 Å². The van der Waals surface area contributed by atoms with Gasteiger partial charge >= 0.3 is 6.18 Å². The van der Waals surface area contributed by atoms with Crippen molar-refractivity contribution in [1.29, 1.82) is 0 Å². The molecule has 38 heavy (non-hydrogen) atoms. The smallest absolute Gasteiger partial charge is 0.386 e. The van der Waals surface area contributed by atoms with Crippen molar-refractivity contribution < 1.29 is 23.1 Å². The molecule has 0 unspecified atom stereocenters. The van der Waals surface area contributed by atoms with E-state index in [9.17, 15) is 23.1 Å². The van der Waals surface area contributed by atoms with Crippen molar-refractivity contribution in [2.75, 3.05) is 33.2 Å². The topological polar surface area (TPSA) is 74.0 Å². The summed E-state index contributed by atoms with van der Waals surface area (Å²) >= 11 is 1.36. The highest BCUT2D eigenvalue weighted by Gasteiger charge is 2.35. The third-order valence-electron chi connectivity index (χ3n) is 6.79. The fraction of sp³-hybridized carbons (Fsp3) is 0.370. The number of hydrogen-bond acceptors (Lipinski definition) is 6. The number of halogens is 3. The van der Waals surface area contributed by atoms with Gasteiger partial charge in [0.05, 0.1) is 34.3 Å². The van der Waals surface area contributed by atoms with Gasteiger partial charge in [0.15, 0.2) is 5.17 Å². The van der Waals surface area contributed by atoms with Gasteiger partial charge < -0.3 is 14.9 Å². The Morgan fingerprint density at radius 3 is 2.50 bits per heavy atom. The zero-order chi connectivity index (χ0) is 27.2. The lowest BCUT2D eigenvalue weighted by Gasteiger charge is -2.32. The highest BCUT2D eigenvalue weighted by Crippen LogP contribution is 2.36. The maximum Gasteiger partial charge on any atom is 0.416 e. The maximum absolute atomic E-state index is 13.8. The molecule has 3 aromatic rings. The van der Waals surface area contributed by atoms with Crippen LogP contribution in [0.25, 0.3) is 17.0 Å². The molecule has 0 saturated carbocycles. The summed E-state index contributed by atoms with van der Waals surface area (Å²) in [5, 5.41) is 16.0. The predicted molar refractivity (Wildman–Crippen MR) is 143 cm³/mol. The predicted octanol–water partition coefficient (Wildman–Crippen LogP) is 4.55. The average Bonchev–Trinajstić information content (AvgIpc) is 3.41. The number of aliphatic hydroxyl groups is 1. The lowest BCUT2D eigenvalue weighted by Crippen LogP contribution is -2.46. The fourth-order valence-electron chi connectivity index (χ4n) is 4.52. The van der Waals surface area contributed by atoms with E-state index in [0.29, 0.717) is 10.4 Å². The Morgan fingerprint density at radius 2 is 1.82 bits per heavy atom. The van der Waals surface area contributed by atoms with Crippen LogP contribution in [0.3, 0.4) is 0 Å². The molecule has 200 valence electrons. The van der Waals surface area contributed by atoms with E-state index in [1.807, 2.05) is 12.1 Å². The first-order valence-corrected chi connectivity index (χ1v) is 13.0. The van der Waals surface area contributed by atoms with Crippen LogP contribution in [0.5, 0.6) is 0 Å². The van der Waals surface area contributed by atoms with E-state index in [1.54, 1.807) is 18.3 Å². The third-order valence-corrected chi connectivity index (χ3v) is 7.83. The highest BCUT2D eigenvalue weighted by molar-refractivity contribution is 8.18. The minimum atomic E-state index is -4.57. The lowest BCUT2D eigenvalue weighted by molar-refractivity contribution is -0.138. The van der Waals surface area contributed by atoms with Crippen LogP contribution in [-0.2, 0) is 23.1 Å². The monoisotopic (exact) mass is 543 g/mol. The maximum atomic E-state index is 13.8. The van der Waals surface area contributed by atoms with E-state index in [0.717, 1.165) is 48.4 Å².